The van der Waals surface area contributed by atoms with Gasteiger partial charge in [0.25, 0.3) is 0 Å². The predicted octanol–water partition coefficient (Wildman–Crippen LogP) is 5.99. The first kappa shape index (κ1) is 28.0. The molecule has 2 aromatic heterocycles. The highest BCUT2D eigenvalue weighted by atomic mass is 16.1. The van der Waals surface area contributed by atoms with Gasteiger partial charge in [-0.05, 0) is 59.4 Å². The summed E-state index contributed by atoms with van der Waals surface area (Å²) in [5.74, 6) is 1.82. The molecule has 0 atom stereocenters. The van der Waals surface area contributed by atoms with Crippen molar-refractivity contribution in [2.24, 2.45) is 0 Å². The predicted molar refractivity (Wildman–Crippen MR) is 164 cm³/mol. The van der Waals surface area contributed by atoms with Crippen molar-refractivity contribution in [2.75, 3.05) is 18.9 Å². The fourth-order valence-electron chi connectivity index (χ4n) is 5.11. The molecule has 9 nitrogen and oxygen atoms in total. The molecule has 0 spiro atoms. The average Bonchev–Trinajstić information content (AvgIpc) is 3.66. The van der Waals surface area contributed by atoms with E-state index in [9.17, 15) is 4.79 Å². The van der Waals surface area contributed by atoms with Gasteiger partial charge in [0.1, 0.15) is 5.82 Å². The zero-order valence-electron chi connectivity index (χ0n) is 23.9. The number of benzene rings is 3. The number of nitrogens with one attached hydrogen (secondary N) is 3. The van der Waals surface area contributed by atoms with Crippen molar-refractivity contribution < 1.29 is 4.79 Å². The molecule has 2 heterocycles. The van der Waals surface area contributed by atoms with Crippen LogP contribution in [0.1, 0.15) is 56.8 Å². The minimum absolute atomic E-state index is 0.111. The minimum atomic E-state index is 0.111. The van der Waals surface area contributed by atoms with E-state index in [4.69, 9.17) is 4.98 Å². The third-order valence-corrected chi connectivity index (χ3v) is 7.39. The second-order valence-electron chi connectivity index (χ2n) is 10.3. The summed E-state index contributed by atoms with van der Waals surface area (Å²) in [6.45, 7) is 3.86. The number of amides is 1. The van der Waals surface area contributed by atoms with Gasteiger partial charge < -0.3 is 15.2 Å². The van der Waals surface area contributed by atoms with Crippen molar-refractivity contribution in [3.8, 4) is 22.5 Å². The molecule has 0 unspecified atom stereocenters. The molecule has 212 valence electrons. The van der Waals surface area contributed by atoms with Crippen LogP contribution in [0.5, 0.6) is 0 Å². The largest absolute Gasteiger partial charge is 0.385 e. The molecule has 0 saturated carbocycles. The molecule has 0 aliphatic carbocycles. The normalized spacial score (nSPS) is 11.2. The molecule has 0 aliphatic rings. The Labute approximate surface area is 240 Å². The van der Waals surface area contributed by atoms with Gasteiger partial charge in [0.15, 0.2) is 0 Å². The number of anilines is 1. The number of tetrazole rings is 1. The van der Waals surface area contributed by atoms with E-state index in [2.05, 4.69) is 91.3 Å². The molecule has 0 bridgehead atoms. The lowest BCUT2D eigenvalue weighted by atomic mass is 9.98. The van der Waals surface area contributed by atoms with Gasteiger partial charge in [-0.25, -0.2) is 4.98 Å². The Morgan fingerprint density at radius 2 is 1.78 bits per heavy atom. The highest BCUT2D eigenvalue weighted by Crippen LogP contribution is 2.30. The van der Waals surface area contributed by atoms with Crippen LogP contribution < -0.4 is 10.6 Å². The molecular weight excluding hydrogens is 512 g/mol. The standard InChI is InChI=1S/C32H38N8O/c1-3-4-12-30-35-28-21-25(34-20-9-5-6-13-31(41)33-2)18-19-29(28)40(30)22-23-14-16-24(17-15-23)26-10-7-8-11-27(26)32-36-38-39-37-32/h7-8,10-11,14-19,21,34H,3-6,9,12-13,20,22H2,1-2H3,(H,33,41)(H,36,37,38,39). The van der Waals surface area contributed by atoms with Gasteiger partial charge in [0.05, 0.1) is 11.0 Å². The lowest BCUT2D eigenvalue weighted by Gasteiger charge is -2.12. The molecule has 0 saturated heterocycles. The smallest absolute Gasteiger partial charge is 0.219 e. The fraction of sp³-hybridized carbons (Fsp3) is 0.344. The number of carbonyl (C=O) groups excluding carboxylic acids is 1. The van der Waals surface area contributed by atoms with Crippen LogP contribution in [0.4, 0.5) is 5.69 Å². The Kier molecular flexibility index (Phi) is 9.36. The molecule has 0 aliphatic heterocycles. The summed E-state index contributed by atoms with van der Waals surface area (Å²) in [4.78, 5) is 16.4. The number of carbonyl (C=O) groups is 1. The Morgan fingerprint density at radius 3 is 2.54 bits per heavy atom. The Morgan fingerprint density at radius 1 is 0.951 bits per heavy atom. The molecule has 5 rings (SSSR count). The third-order valence-electron chi connectivity index (χ3n) is 7.39. The average molecular weight is 551 g/mol. The number of unbranched alkanes of at least 4 members (excludes halogenated alkanes) is 3. The van der Waals surface area contributed by atoms with Crippen molar-refractivity contribution in [1.82, 2.24) is 35.5 Å². The molecule has 41 heavy (non-hydrogen) atoms. The highest BCUT2D eigenvalue weighted by Gasteiger charge is 2.14. The number of H-pyrrole nitrogens is 1. The molecule has 3 N–H and O–H groups in total. The maximum atomic E-state index is 11.4. The van der Waals surface area contributed by atoms with Crippen LogP contribution in [0, 0.1) is 0 Å². The minimum Gasteiger partial charge on any atom is -0.385 e. The van der Waals surface area contributed by atoms with E-state index in [1.54, 1.807) is 7.05 Å². The number of aromatic amines is 1. The second kappa shape index (κ2) is 13.7. The summed E-state index contributed by atoms with van der Waals surface area (Å²) in [5.41, 5.74) is 7.61. The monoisotopic (exact) mass is 550 g/mol. The number of imidazole rings is 1. The summed E-state index contributed by atoms with van der Waals surface area (Å²) in [7, 11) is 1.69. The summed E-state index contributed by atoms with van der Waals surface area (Å²) >= 11 is 0. The van der Waals surface area contributed by atoms with E-state index < -0.39 is 0 Å². The first-order valence-electron chi connectivity index (χ1n) is 14.5. The molecule has 0 fully saturated rings. The van der Waals surface area contributed by atoms with E-state index in [0.717, 1.165) is 90.8 Å². The molecular formula is C32H38N8O. The first-order valence-corrected chi connectivity index (χ1v) is 14.5. The van der Waals surface area contributed by atoms with Crippen LogP contribution in [0.3, 0.4) is 0 Å². The van der Waals surface area contributed by atoms with Gasteiger partial charge >= 0.3 is 0 Å². The van der Waals surface area contributed by atoms with Gasteiger partial charge in [0, 0.05) is 44.2 Å². The molecule has 0 radical (unpaired) electrons. The Balaban J connectivity index is 1.30. The number of aryl methyl sites for hydroxylation is 1. The summed E-state index contributed by atoms with van der Waals surface area (Å²) in [6, 6.07) is 23.3. The lowest BCUT2D eigenvalue weighted by Crippen LogP contribution is -2.17. The Hall–Kier alpha value is -4.53. The third kappa shape index (κ3) is 6.98. The van der Waals surface area contributed by atoms with Crippen molar-refractivity contribution >= 4 is 22.6 Å². The Bertz CT molecular complexity index is 1560. The quantitative estimate of drug-likeness (QED) is 0.146. The summed E-state index contributed by atoms with van der Waals surface area (Å²) in [6.07, 6.45) is 6.76. The van der Waals surface area contributed by atoms with Gasteiger partial charge in [-0.2, -0.15) is 5.21 Å². The van der Waals surface area contributed by atoms with E-state index in [1.165, 1.54) is 5.56 Å². The zero-order chi connectivity index (χ0) is 28.4. The summed E-state index contributed by atoms with van der Waals surface area (Å²) < 4.78 is 2.36. The van der Waals surface area contributed by atoms with Crippen LogP contribution in [-0.2, 0) is 17.8 Å². The molecule has 1 amide bonds. The number of nitrogens with zero attached hydrogens (tertiary/aromatic N) is 5. The van der Waals surface area contributed by atoms with Gasteiger partial charge in [-0.3, -0.25) is 4.79 Å². The van der Waals surface area contributed by atoms with Crippen molar-refractivity contribution in [1.29, 1.82) is 0 Å². The fourth-order valence-corrected chi connectivity index (χ4v) is 5.11. The SMILES string of the molecule is CCCCc1nc2cc(NCCCCCC(=O)NC)ccc2n1Cc1ccc(-c2ccccc2-c2nn[nH]n2)cc1. The topological polar surface area (TPSA) is 113 Å². The maximum absolute atomic E-state index is 11.4. The van der Waals surface area contributed by atoms with Crippen molar-refractivity contribution in [3.05, 3.63) is 78.1 Å². The highest BCUT2D eigenvalue weighted by molar-refractivity contribution is 5.81. The van der Waals surface area contributed by atoms with Gasteiger partial charge in [-0.15, -0.1) is 10.2 Å². The molecule has 5 aromatic rings. The van der Waals surface area contributed by atoms with Crippen LogP contribution in [-0.4, -0.2) is 49.7 Å². The van der Waals surface area contributed by atoms with Crippen LogP contribution in [0.2, 0.25) is 0 Å². The number of fused-ring (bicyclic) bond motifs is 1. The number of hydrogen-bond acceptors (Lipinski definition) is 6. The van der Waals surface area contributed by atoms with E-state index in [1.807, 2.05) is 18.2 Å². The van der Waals surface area contributed by atoms with Gasteiger partial charge in [0.2, 0.25) is 11.7 Å². The van der Waals surface area contributed by atoms with Crippen LogP contribution in [0.15, 0.2) is 66.7 Å². The van der Waals surface area contributed by atoms with Crippen molar-refractivity contribution in [3.63, 3.8) is 0 Å². The number of rotatable bonds is 14. The van der Waals surface area contributed by atoms with Crippen molar-refractivity contribution in [2.45, 2.75) is 58.4 Å². The molecule has 3 aromatic carbocycles. The molecule has 9 heteroatoms. The van der Waals surface area contributed by atoms with Crippen LogP contribution >= 0.6 is 0 Å². The summed E-state index contributed by atoms with van der Waals surface area (Å²) in [5, 5.41) is 20.8. The van der Waals surface area contributed by atoms with E-state index >= 15 is 0 Å². The number of hydrogen-bond donors (Lipinski definition) is 3. The van der Waals surface area contributed by atoms with E-state index in [0.29, 0.717) is 12.2 Å². The van der Waals surface area contributed by atoms with Crippen LogP contribution in [0.25, 0.3) is 33.5 Å². The zero-order valence-corrected chi connectivity index (χ0v) is 23.9. The second-order valence-corrected chi connectivity index (χ2v) is 10.3. The maximum Gasteiger partial charge on any atom is 0.219 e. The number of aromatic nitrogens is 6. The lowest BCUT2D eigenvalue weighted by molar-refractivity contribution is -0.120. The van der Waals surface area contributed by atoms with E-state index in [-0.39, 0.29) is 5.91 Å². The van der Waals surface area contributed by atoms with Gasteiger partial charge in [-0.1, -0.05) is 68.3 Å². The first-order chi connectivity index (χ1) is 20.2.